The second-order valence-electron chi connectivity index (χ2n) is 0.400. The van der Waals surface area contributed by atoms with Gasteiger partial charge in [-0.15, -0.1) is 4.40 Å². The van der Waals surface area contributed by atoms with Crippen molar-refractivity contribution in [3.63, 3.8) is 0 Å². The fraction of sp³-hybridized carbons (Fsp3) is 0. The minimum absolute atomic E-state index is 0. The first-order valence-corrected chi connectivity index (χ1v) is 1.98. The maximum atomic E-state index is 9.17. The van der Waals surface area contributed by atoms with Crippen LogP contribution in [0.1, 0.15) is 0 Å². The molecule has 0 aromatic rings. The normalized spacial score (nSPS) is 10.4. The number of isocyanates is 1. The zero-order chi connectivity index (χ0) is 4.99. The first-order valence-electron chi connectivity index (χ1n) is 0.944. The van der Waals surface area contributed by atoms with Crippen molar-refractivity contribution in [2.75, 3.05) is 0 Å². The second-order valence-corrected chi connectivity index (χ2v) is 1.02. The van der Waals surface area contributed by atoms with Crippen LogP contribution in [0, 0.1) is 0 Å². The molecule has 0 saturated heterocycles. The molecule has 0 fully saturated rings. The summed E-state index contributed by atoms with van der Waals surface area (Å²) < 4.78 is 20.6. The van der Waals surface area contributed by atoms with Crippen LogP contribution in [-0.2, 0) is 16.1 Å². The quantitative estimate of drug-likeness (QED) is 0.184. The zero-order valence-electron chi connectivity index (χ0n) is 3.58. The number of hydrogen-bond donors (Lipinski definition) is 0. The van der Waals surface area contributed by atoms with Gasteiger partial charge in [-0.25, -0.2) is 9.00 Å². The van der Waals surface area contributed by atoms with Crippen molar-refractivity contribution < 1.29 is 13.6 Å². The Kier molecular flexibility index (Phi) is 8.82. The van der Waals surface area contributed by atoms with E-state index in [4.69, 9.17) is 4.79 Å². The Hall–Kier alpha value is 0.0874. The summed E-state index contributed by atoms with van der Waals surface area (Å²) in [7, 11) is 0. The van der Waals surface area contributed by atoms with E-state index in [-0.39, 0.29) is 18.9 Å². The third kappa shape index (κ3) is 10.7. The molecule has 1 atom stereocenters. The van der Waals surface area contributed by atoms with Crippen molar-refractivity contribution in [3.05, 3.63) is 0 Å². The second kappa shape index (κ2) is 6.09. The van der Waals surface area contributed by atoms with Gasteiger partial charge in [0.05, 0.1) is 11.3 Å². The van der Waals surface area contributed by atoms with E-state index in [1.165, 1.54) is 0 Å². The van der Waals surface area contributed by atoms with Crippen molar-refractivity contribution in [2.24, 2.45) is 4.40 Å². The standard InChI is InChI=1S/CHNO3S.Li/c3-1-2-6(4)5;/h(H,4,5);/p-1. The van der Waals surface area contributed by atoms with Gasteiger partial charge in [0.1, 0.15) is 0 Å². The predicted molar refractivity (Wildman–Crippen MR) is 22.8 cm³/mol. The third-order valence-electron chi connectivity index (χ3n) is 0.112. The molecule has 1 unspecified atom stereocenters. The summed E-state index contributed by atoms with van der Waals surface area (Å²) in [5.41, 5.74) is 0. The summed E-state index contributed by atoms with van der Waals surface area (Å²) in [4.78, 5) is 8.93. The van der Waals surface area contributed by atoms with Crippen LogP contribution in [0.3, 0.4) is 0 Å². The molecule has 0 aliphatic heterocycles. The van der Waals surface area contributed by atoms with Crippen LogP contribution in [-0.4, -0.2) is 33.7 Å². The Balaban J connectivity index is 0. The van der Waals surface area contributed by atoms with E-state index in [0.717, 1.165) is 6.08 Å². The van der Waals surface area contributed by atoms with Crippen LogP contribution in [0.25, 0.3) is 0 Å². The molecular formula is CLiNO3S-. The van der Waals surface area contributed by atoms with Crippen molar-refractivity contribution in [3.8, 4) is 0 Å². The SMILES string of the molecule is O=C=NS(=O)[O-].[Li]. The summed E-state index contributed by atoms with van der Waals surface area (Å²) in [6.45, 7) is 0. The van der Waals surface area contributed by atoms with Crippen molar-refractivity contribution in [1.29, 1.82) is 0 Å². The van der Waals surface area contributed by atoms with E-state index in [9.17, 15) is 8.76 Å². The van der Waals surface area contributed by atoms with E-state index in [1.807, 2.05) is 0 Å². The molecule has 0 heterocycles. The summed E-state index contributed by atoms with van der Waals surface area (Å²) in [6, 6.07) is 0. The Labute approximate surface area is 54.6 Å². The summed E-state index contributed by atoms with van der Waals surface area (Å²) >= 11 is -2.61. The van der Waals surface area contributed by atoms with Crippen LogP contribution in [0.15, 0.2) is 4.40 Å². The summed E-state index contributed by atoms with van der Waals surface area (Å²) in [5.74, 6) is 0. The number of rotatable bonds is 1. The Morgan fingerprint density at radius 2 is 2.14 bits per heavy atom. The molecule has 0 rings (SSSR count). The van der Waals surface area contributed by atoms with Gasteiger partial charge >= 0.3 is 0 Å². The Morgan fingerprint density at radius 3 is 2.14 bits per heavy atom. The minimum atomic E-state index is -2.61. The molecule has 0 amide bonds. The van der Waals surface area contributed by atoms with Crippen molar-refractivity contribution in [1.82, 2.24) is 0 Å². The smallest absolute Gasteiger partial charge is 0.248 e. The molecule has 35 valence electrons. The molecule has 0 bridgehead atoms. The summed E-state index contributed by atoms with van der Waals surface area (Å²) in [5, 5.41) is 0. The molecule has 6 heteroatoms. The van der Waals surface area contributed by atoms with E-state index < -0.39 is 11.3 Å². The maximum Gasteiger partial charge on any atom is 0.248 e. The monoisotopic (exact) mass is 113 g/mol. The molecule has 0 aliphatic carbocycles. The number of carbonyl (C=O) groups excluding carboxylic acids is 1. The molecule has 7 heavy (non-hydrogen) atoms. The largest absolute Gasteiger partial charge is 0.753 e. The van der Waals surface area contributed by atoms with Gasteiger partial charge in [0, 0.05) is 18.9 Å². The molecule has 0 aliphatic rings. The van der Waals surface area contributed by atoms with Gasteiger partial charge in [-0.05, 0) is 0 Å². The molecule has 0 saturated carbocycles. The van der Waals surface area contributed by atoms with Crippen LogP contribution in [0.2, 0.25) is 0 Å². The number of nitrogens with zero attached hydrogens (tertiary/aromatic N) is 1. The van der Waals surface area contributed by atoms with Gasteiger partial charge < -0.3 is 4.55 Å². The minimum Gasteiger partial charge on any atom is -0.753 e. The first-order chi connectivity index (χ1) is 2.77. The predicted octanol–water partition coefficient (Wildman–Crippen LogP) is -1.26. The molecular weight excluding hydrogens is 113 g/mol. The molecule has 0 N–H and O–H groups in total. The average Bonchev–Trinajstić information content (AvgIpc) is 1.35. The van der Waals surface area contributed by atoms with Crippen LogP contribution in [0.5, 0.6) is 0 Å². The first kappa shape index (κ1) is 10.1. The van der Waals surface area contributed by atoms with Crippen molar-refractivity contribution in [2.45, 2.75) is 0 Å². The fourth-order valence-corrected chi connectivity index (χ4v) is 0.0913. The van der Waals surface area contributed by atoms with Gasteiger partial charge in [-0.3, -0.25) is 0 Å². The third-order valence-corrected chi connectivity index (χ3v) is 0.335. The van der Waals surface area contributed by atoms with Crippen LogP contribution < -0.4 is 0 Å². The van der Waals surface area contributed by atoms with Gasteiger partial charge in [0.25, 0.3) is 0 Å². The Morgan fingerprint density at radius 1 is 1.71 bits per heavy atom. The van der Waals surface area contributed by atoms with Crippen molar-refractivity contribution >= 4 is 36.2 Å². The average molecular weight is 113 g/mol. The summed E-state index contributed by atoms with van der Waals surface area (Å²) in [6.07, 6.45) is 0.829. The van der Waals surface area contributed by atoms with E-state index in [1.54, 1.807) is 0 Å². The van der Waals surface area contributed by atoms with E-state index >= 15 is 0 Å². The zero-order valence-corrected chi connectivity index (χ0v) is 4.40. The van der Waals surface area contributed by atoms with E-state index in [0.29, 0.717) is 0 Å². The molecule has 0 aromatic carbocycles. The van der Waals surface area contributed by atoms with Crippen LogP contribution >= 0.6 is 0 Å². The molecule has 4 nitrogen and oxygen atoms in total. The molecule has 0 aromatic heterocycles. The topological polar surface area (TPSA) is 69.6 Å². The van der Waals surface area contributed by atoms with Gasteiger partial charge in [0.15, 0.2) is 0 Å². The Bertz CT molecular complexity index is 108. The van der Waals surface area contributed by atoms with Gasteiger partial charge in [0.2, 0.25) is 6.08 Å². The van der Waals surface area contributed by atoms with Gasteiger partial charge in [-0.1, -0.05) is 0 Å². The van der Waals surface area contributed by atoms with Gasteiger partial charge in [-0.2, -0.15) is 0 Å². The van der Waals surface area contributed by atoms with Crippen LogP contribution in [0.4, 0.5) is 0 Å². The fourth-order valence-electron chi connectivity index (χ4n) is 0.0304. The maximum absolute atomic E-state index is 9.17. The molecule has 1 radical (unpaired) electrons. The number of hydrogen-bond acceptors (Lipinski definition) is 3. The van der Waals surface area contributed by atoms with E-state index in [2.05, 4.69) is 4.40 Å². The molecule has 0 spiro atoms.